The minimum absolute atomic E-state index is 0.00937. The van der Waals surface area contributed by atoms with Crippen LogP contribution in [-0.2, 0) is 10.2 Å². The van der Waals surface area contributed by atoms with E-state index in [1.165, 1.54) is 10.5 Å². The number of hydrogen-bond donors (Lipinski definition) is 2. The summed E-state index contributed by atoms with van der Waals surface area (Å²) < 4.78 is 0. The number of carboxylic acids is 1. The summed E-state index contributed by atoms with van der Waals surface area (Å²) in [5.74, 6) is -0.760. The average Bonchev–Trinajstić information content (AvgIpc) is 2.34. The van der Waals surface area contributed by atoms with Crippen LogP contribution in [0.3, 0.4) is 0 Å². The lowest BCUT2D eigenvalue weighted by Gasteiger charge is -2.26. The fourth-order valence-corrected chi connectivity index (χ4v) is 2.15. The van der Waals surface area contributed by atoms with Gasteiger partial charge < -0.3 is 10.4 Å². The Morgan fingerprint density at radius 3 is 2.44 bits per heavy atom. The molecule has 0 aliphatic carbocycles. The molecule has 0 spiro atoms. The molecule has 3 nitrogen and oxygen atoms in total. The molecule has 2 N–H and O–H groups in total. The third-order valence-corrected chi connectivity index (χ3v) is 3.70. The van der Waals surface area contributed by atoms with Crippen LogP contribution >= 0.6 is 11.8 Å². The Balaban J connectivity index is 2.53. The van der Waals surface area contributed by atoms with Crippen molar-refractivity contribution < 1.29 is 9.90 Å². The quantitative estimate of drug-likeness (QED) is 0.589. The summed E-state index contributed by atoms with van der Waals surface area (Å²) in [5, 5.41) is 11.8. The Kier molecular flexibility index (Phi) is 5.69. The smallest absolute Gasteiger partial charge is 0.304 e. The van der Waals surface area contributed by atoms with Gasteiger partial charge in [-0.2, -0.15) is 0 Å². The maximum Gasteiger partial charge on any atom is 0.304 e. The van der Waals surface area contributed by atoms with Crippen molar-refractivity contribution in [3.63, 3.8) is 0 Å². The van der Waals surface area contributed by atoms with E-state index in [1.54, 1.807) is 11.8 Å². The Morgan fingerprint density at radius 1 is 1.33 bits per heavy atom. The summed E-state index contributed by atoms with van der Waals surface area (Å²) in [7, 11) is 0. The van der Waals surface area contributed by atoms with E-state index in [0.29, 0.717) is 6.54 Å². The molecule has 0 saturated heterocycles. The molecule has 0 atom stereocenters. The highest BCUT2D eigenvalue weighted by atomic mass is 32.2. The Morgan fingerprint density at radius 2 is 1.94 bits per heavy atom. The summed E-state index contributed by atoms with van der Waals surface area (Å²) in [4.78, 5) is 11.7. The van der Waals surface area contributed by atoms with Gasteiger partial charge >= 0.3 is 5.97 Å². The number of carboxylic acid groups (broad SMARTS) is 1. The molecule has 18 heavy (non-hydrogen) atoms. The lowest BCUT2D eigenvalue weighted by molar-refractivity contribution is -0.136. The molecule has 0 heterocycles. The Labute approximate surface area is 113 Å². The van der Waals surface area contributed by atoms with Crippen LogP contribution in [0.2, 0.25) is 0 Å². The molecule has 0 unspecified atom stereocenters. The monoisotopic (exact) mass is 267 g/mol. The minimum Gasteiger partial charge on any atom is -0.481 e. The summed E-state index contributed by atoms with van der Waals surface area (Å²) in [5.41, 5.74) is 1.28. The molecule has 100 valence electrons. The van der Waals surface area contributed by atoms with Crippen LogP contribution in [0, 0.1) is 0 Å². The second kappa shape index (κ2) is 6.81. The van der Waals surface area contributed by atoms with Gasteiger partial charge in [0.05, 0.1) is 6.42 Å². The number of carbonyl (C=O) groups is 1. The van der Waals surface area contributed by atoms with Crippen molar-refractivity contribution in [3.8, 4) is 0 Å². The largest absolute Gasteiger partial charge is 0.481 e. The maximum absolute atomic E-state index is 10.4. The zero-order valence-electron chi connectivity index (χ0n) is 11.2. The fourth-order valence-electron chi connectivity index (χ4n) is 1.74. The number of aliphatic carboxylic acids is 1. The minimum atomic E-state index is -0.760. The standard InChI is InChI=1S/C14H21NO2S/c1-14(2,10-15-9-8-13(16)17)11-4-6-12(18-3)7-5-11/h4-7,15H,8-10H2,1-3H3,(H,16,17). The van der Waals surface area contributed by atoms with E-state index in [0.717, 1.165) is 6.54 Å². The van der Waals surface area contributed by atoms with E-state index in [2.05, 4.69) is 49.7 Å². The van der Waals surface area contributed by atoms with Gasteiger partial charge in [0, 0.05) is 23.4 Å². The average molecular weight is 267 g/mol. The van der Waals surface area contributed by atoms with Gasteiger partial charge in [0.15, 0.2) is 0 Å². The normalized spacial score (nSPS) is 11.5. The van der Waals surface area contributed by atoms with Crippen molar-refractivity contribution in [1.29, 1.82) is 0 Å². The van der Waals surface area contributed by atoms with Crippen LogP contribution in [0.5, 0.6) is 0 Å². The van der Waals surface area contributed by atoms with Crippen molar-refractivity contribution in [2.45, 2.75) is 30.6 Å². The Bertz CT molecular complexity index is 387. The summed E-state index contributed by atoms with van der Waals surface area (Å²) in [6, 6.07) is 8.54. The van der Waals surface area contributed by atoms with Gasteiger partial charge in [-0.1, -0.05) is 26.0 Å². The summed E-state index contributed by atoms with van der Waals surface area (Å²) >= 11 is 1.73. The van der Waals surface area contributed by atoms with E-state index in [9.17, 15) is 4.79 Å². The molecule has 0 fully saturated rings. The van der Waals surface area contributed by atoms with Crippen LogP contribution < -0.4 is 5.32 Å². The van der Waals surface area contributed by atoms with Gasteiger partial charge in [-0.3, -0.25) is 4.79 Å². The van der Waals surface area contributed by atoms with Gasteiger partial charge in [-0.15, -0.1) is 11.8 Å². The first-order chi connectivity index (χ1) is 8.45. The molecular weight excluding hydrogens is 246 g/mol. The van der Waals surface area contributed by atoms with Gasteiger partial charge in [-0.25, -0.2) is 0 Å². The van der Waals surface area contributed by atoms with Crippen molar-refractivity contribution in [1.82, 2.24) is 5.32 Å². The zero-order chi connectivity index (χ0) is 13.6. The number of hydrogen-bond acceptors (Lipinski definition) is 3. The predicted octanol–water partition coefficient (Wildman–Crippen LogP) is 2.75. The number of benzene rings is 1. The molecule has 1 aromatic rings. The van der Waals surface area contributed by atoms with Crippen LogP contribution in [0.15, 0.2) is 29.2 Å². The van der Waals surface area contributed by atoms with Crippen molar-refractivity contribution in [3.05, 3.63) is 29.8 Å². The van der Waals surface area contributed by atoms with Crippen molar-refractivity contribution >= 4 is 17.7 Å². The SMILES string of the molecule is CSc1ccc(C(C)(C)CNCCC(=O)O)cc1. The lowest BCUT2D eigenvalue weighted by Crippen LogP contribution is -2.34. The van der Waals surface area contributed by atoms with E-state index >= 15 is 0 Å². The van der Waals surface area contributed by atoms with E-state index in [4.69, 9.17) is 5.11 Å². The van der Waals surface area contributed by atoms with Crippen molar-refractivity contribution in [2.24, 2.45) is 0 Å². The molecule has 0 aliphatic heterocycles. The molecule has 0 radical (unpaired) electrons. The van der Waals surface area contributed by atoms with Crippen LogP contribution in [0.25, 0.3) is 0 Å². The molecular formula is C14H21NO2S. The van der Waals surface area contributed by atoms with Crippen molar-refractivity contribution in [2.75, 3.05) is 19.3 Å². The van der Waals surface area contributed by atoms with Gasteiger partial charge in [0.1, 0.15) is 0 Å². The fraction of sp³-hybridized carbons (Fsp3) is 0.500. The van der Waals surface area contributed by atoms with Crippen LogP contribution in [-0.4, -0.2) is 30.4 Å². The first-order valence-electron chi connectivity index (χ1n) is 6.03. The highest BCUT2D eigenvalue weighted by Crippen LogP contribution is 2.24. The molecule has 0 aromatic heterocycles. The topological polar surface area (TPSA) is 49.3 Å². The second-order valence-electron chi connectivity index (χ2n) is 4.93. The third kappa shape index (κ3) is 4.70. The van der Waals surface area contributed by atoms with Crippen LogP contribution in [0.1, 0.15) is 25.8 Å². The number of nitrogens with one attached hydrogen (secondary N) is 1. The lowest BCUT2D eigenvalue weighted by atomic mass is 9.84. The van der Waals surface area contributed by atoms with Crippen LogP contribution in [0.4, 0.5) is 0 Å². The molecule has 1 aromatic carbocycles. The second-order valence-corrected chi connectivity index (χ2v) is 5.81. The third-order valence-electron chi connectivity index (χ3n) is 2.95. The Hall–Kier alpha value is -1.00. The number of thioether (sulfide) groups is 1. The van der Waals surface area contributed by atoms with E-state index < -0.39 is 5.97 Å². The molecule has 0 amide bonds. The molecule has 4 heteroatoms. The highest BCUT2D eigenvalue weighted by Gasteiger charge is 2.19. The first-order valence-corrected chi connectivity index (χ1v) is 7.25. The molecule has 0 aliphatic rings. The molecule has 0 saturated carbocycles. The highest BCUT2D eigenvalue weighted by molar-refractivity contribution is 7.98. The number of rotatable bonds is 7. The molecule has 0 bridgehead atoms. The first kappa shape index (κ1) is 15.1. The zero-order valence-corrected chi connectivity index (χ0v) is 12.0. The van der Waals surface area contributed by atoms with Gasteiger partial charge in [-0.05, 0) is 24.0 Å². The summed E-state index contributed by atoms with van der Waals surface area (Å²) in [6.07, 6.45) is 2.23. The van der Waals surface area contributed by atoms with E-state index in [1.807, 2.05) is 0 Å². The summed E-state index contributed by atoms with van der Waals surface area (Å²) in [6.45, 7) is 5.62. The van der Waals surface area contributed by atoms with E-state index in [-0.39, 0.29) is 11.8 Å². The molecule has 1 rings (SSSR count). The maximum atomic E-state index is 10.4. The predicted molar refractivity (Wildman–Crippen MR) is 76.4 cm³/mol. The van der Waals surface area contributed by atoms with Gasteiger partial charge in [0.2, 0.25) is 0 Å². The van der Waals surface area contributed by atoms with Gasteiger partial charge in [0.25, 0.3) is 0 Å².